The molecule has 1 unspecified atom stereocenters. The zero-order chi connectivity index (χ0) is 15.4. The van der Waals surface area contributed by atoms with Crippen molar-refractivity contribution in [3.8, 4) is 5.75 Å². The van der Waals surface area contributed by atoms with Gasteiger partial charge in [0.15, 0.2) is 0 Å². The summed E-state index contributed by atoms with van der Waals surface area (Å²) in [6, 6.07) is 4.46. The quantitative estimate of drug-likeness (QED) is 0.924. The van der Waals surface area contributed by atoms with Gasteiger partial charge in [-0.1, -0.05) is 6.07 Å². The van der Waals surface area contributed by atoms with E-state index in [1.807, 2.05) is 11.0 Å². The number of nitrogens with one attached hydrogen (secondary N) is 1. The molecule has 1 aromatic carbocycles. The largest absolute Gasteiger partial charge is 0.493 e. The standard InChI is InChI=1S/C17H26N2O2.ClH/c1-12-9-13(2)15(4)16(10-12)21-8-5-17(20)19-7-6-18-11-14(19)3;/h9-10,14,18H,5-8,11H2,1-4H3;1H. The van der Waals surface area contributed by atoms with Gasteiger partial charge in [0, 0.05) is 25.7 Å². The molecule has 1 heterocycles. The third kappa shape index (κ3) is 4.62. The molecule has 0 bridgehead atoms. The molecule has 22 heavy (non-hydrogen) atoms. The van der Waals surface area contributed by atoms with E-state index < -0.39 is 0 Å². The number of aryl methyl sites for hydroxylation is 2. The number of hydrogen-bond acceptors (Lipinski definition) is 3. The Hall–Kier alpha value is -1.26. The van der Waals surface area contributed by atoms with Crippen LogP contribution in [-0.4, -0.2) is 43.1 Å². The molecule has 1 saturated heterocycles. The number of piperazine rings is 1. The molecule has 4 nitrogen and oxygen atoms in total. The molecule has 1 fully saturated rings. The Morgan fingerprint density at radius 1 is 1.36 bits per heavy atom. The van der Waals surface area contributed by atoms with Crippen LogP contribution in [-0.2, 0) is 4.79 Å². The summed E-state index contributed by atoms with van der Waals surface area (Å²) in [7, 11) is 0. The Morgan fingerprint density at radius 2 is 2.09 bits per heavy atom. The van der Waals surface area contributed by atoms with Gasteiger partial charge in [0.05, 0.1) is 13.0 Å². The van der Waals surface area contributed by atoms with E-state index in [0.29, 0.717) is 13.0 Å². The fourth-order valence-electron chi connectivity index (χ4n) is 2.75. The lowest BCUT2D eigenvalue weighted by molar-refractivity contribution is -0.134. The first-order valence-electron chi connectivity index (χ1n) is 7.70. The Kier molecular flexibility index (Phi) is 7.17. The summed E-state index contributed by atoms with van der Waals surface area (Å²) < 4.78 is 5.83. The number of carbonyl (C=O) groups is 1. The molecule has 0 spiro atoms. The summed E-state index contributed by atoms with van der Waals surface area (Å²) in [5, 5.41) is 3.30. The monoisotopic (exact) mass is 326 g/mol. The van der Waals surface area contributed by atoms with Crippen LogP contribution in [0.2, 0.25) is 0 Å². The fourth-order valence-corrected chi connectivity index (χ4v) is 2.75. The summed E-state index contributed by atoms with van der Waals surface area (Å²) in [6.07, 6.45) is 0.441. The van der Waals surface area contributed by atoms with Crippen molar-refractivity contribution in [1.82, 2.24) is 10.2 Å². The lowest BCUT2D eigenvalue weighted by Gasteiger charge is -2.34. The van der Waals surface area contributed by atoms with E-state index in [1.165, 1.54) is 11.1 Å². The van der Waals surface area contributed by atoms with Crippen molar-refractivity contribution in [3.05, 3.63) is 28.8 Å². The van der Waals surface area contributed by atoms with E-state index >= 15 is 0 Å². The number of benzene rings is 1. The average Bonchev–Trinajstić information content (AvgIpc) is 2.44. The SMILES string of the molecule is Cc1cc(C)c(C)c(OCCC(=O)N2CCNCC2C)c1.Cl. The molecule has 0 radical (unpaired) electrons. The molecule has 0 aromatic heterocycles. The second kappa shape index (κ2) is 8.39. The number of amides is 1. The molecule has 1 amide bonds. The first-order valence-corrected chi connectivity index (χ1v) is 7.70. The van der Waals surface area contributed by atoms with E-state index in [-0.39, 0.29) is 24.4 Å². The molecule has 0 saturated carbocycles. The number of carbonyl (C=O) groups excluding carboxylic acids is 1. The maximum atomic E-state index is 12.2. The number of halogens is 1. The molecular weight excluding hydrogens is 300 g/mol. The first kappa shape index (κ1) is 18.8. The van der Waals surface area contributed by atoms with Gasteiger partial charge in [0.2, 0.25) is 5.91 Å². The van der Waals surface area contributed by atoms with E-state index in [0.717, 1.165) is 30.9 Å². The summed E-state index contributed by atoms with van der Waals surface area (Å²) >= 11 is 0. The predicted octanol–water partition coefficient (Wildman–Crippen LogP) is 2.62. The average molecular weight is 327 g/mol. The Morgan fingerprint density at radius 3 is 2.77 bits per heavy atom. The number of ether oxygens (including phenoxy) is 1. The third-order valence-corrected chi connectivity index (χ3v) is 4.16. The van der Waals surface area contributed by atoms with Crippen LogP contribution in [0.15, 0.2) is 12.1 Å². The van der Waals surface area contributed by atoms with Crippen LogP contribution in [0.5, 0.6) is 5.75 Å². The van der Waals surface area contributed by atoms with Gasteiger partial charge in [-0.2, -0.15) is 0 Å². The fraction of sp³-hybridized carbons (Fsp3) is 0.588. The lowest BCUT2D eigenvalue weighted by Crippen LogP contribution is -2.52. The van der Waals surface area contributed by atoms with Crippen molar-refractivity contribution in [2.75, 3.05) is 26.2 Å². The number of rotatable bonds is 4. The highest BCUT2D eigenvalue weighted by atomic mass is 35.5. The first-order chi connectivity index (χ1) is 9.99. The minimum atomic E-state index is 0. The van der Waals surface area contributed by atoms with Gasteiger partial charge in [0.25, 0.3) is 0 Å². The molecule has 1 aromatic rings. The Balaban J connectivity index is 0.00000242. The lowest BCUT2D eigenvalue weighted by atomic mass is 10.1. The van der Waals surface area contributed by atoms with Crippen molar-refractivity contribution >= 4 is 18.3 Å². The van der Waals surface area contributed by atoms with E-state index in [9.17, 15) is 4.79 Å². The molecule has 1 atom stereocenters. The molecule has 124 valence electrons. The van der Waals surface area contributed by atoms with Gasteiger partial charge in [-0.25, -0.2) is 0 Å². The van der Waals surface area contributed by atoms with E-state index in [2.05, 4.69) is 39.1 Å². The Bertz CT molecular complexity index is 520. The summed E-state index contributed by atoms with van der Waals surface area (Å²) in [5.74, 6) is 1.08. The van der Waals surface area contributed by atoms with Crippen LogP contribution in [0.1, 0.15) is 30.0 Å². The van der Waals surface area contributed by atoms with Crippen LogP contribution in [0, 0.1) is 20.8 Å². The van der Waals surface area contributed by atoms with Gasteiger partial charge in [-0.15, -0.1) is 12.4 Å². The maximum Gasteiger partial charge on any atom is 0.226 e. The molecule has 1 aliphatic heterocycles. The molecule has 2 rings (SSSR count). The van der Waals surface area contributed by atoms with Gasteiger partial charge >= 0.3 is 0 Å². The van der Waals surface area contributed by atoms with Crippen molar-refractivity contribution in [2.24, 2.45) is 0 Å². The van der Waals surface area contributed by atoms with Gasteiger partial charge in [0.1, 0.15) is 5.75 Å². The Labute approximate surface area is 139 Å². The van der Waals surface area contributed by atoms with Crippen molar-refractivity contribution < 1.29 is 9.53 Å². The topological polar surface area (TPSA) is 41.6 Å². The third-order valence-electron chi connectivity index (χ3n) is 4.16. The van der Waals surface area contributed by atoms with Crippen LogP contribution >= 0.6 is 12.4 Å². The normalized spacial score (nSPS) is 17.8. The highest BCUT2D eigenvalue weighted by Crippen LogP contribution is 2.23. The van der Waals surface area contributed by atoms with E-state index in [4.69, 9.17) is 4.74 Å². The van der Waals surface area contributed by atoms with Crippen LogP contribution in [0.25, 0.3) is 0 Å². The minimum Gasteiger partial charge on any atom is -0.493 e. The number of hydrogen-bond donors (Lipinski definition) is 1. The maximum absolute atomic E-state index is 12.2. The molecule has 1 aliphatic rings. The zero-order valence-corrected chi connectivity index (χ0v) is 14.8. The van der Waals surface area contributed by atoms with Gasteiger partial charge in [-0.3, -0.25) is 4.79 Å². The number of nitrogens with zero attached hydrogens (tertiary/aromatic N) is 1. The van der Waals surface area contributed by atoms with Gasteiger partial charge < -0.3 is 15.0 Å². The molecular formula is C17H27ClN2O2. The van der Waals surface area contributed by atoms with Crippen LogP contribution < -0.4 is 10.1 Å². The second-order valence-electron chi connectivity index (χ2n) is 5.94. The summed E-state index contributed by atoms with van der Waals surface area (Å²) in [4.78, 5) is 14.2. The van der Waals surface area contributed by atoms with Crippen LogP contribution in [0.3, 0.4) is 0 Å². The zero-order valence-electron chi connectivity index (χ0n) is 13.9. The predicted molar refractivity (Wildman–Crippen MR) is 92.1 cm³/mol. The van der Waals surface area contributed by atoms with Gasteiger partial charge in [-0.05, 0) is 50.5 Å². The van der Waals surface area contributed by atoms with Crippen molar-refractivity contribution in [1.29, 1.82) is 0 Å². The highest BCUT2D eigenvalue weighted by Gasteiger charge is 2.22. The summed E-state index contributed by atoms with van der Waals surface area (Å²) in [6.45, 7) is 11.3. The molecule has 0 aliphatic carbocycles. The highest BCUT2D eigenvalue weighted by molar-refractivity contribution is 5.85. The molecule has 1 N–H and O–H groups in total. The van der Waals surface area contributed by atoms with Crippen molar-refractivity contribution in [2.45, 2.75) is 40.2 Å². The van der Waals surface area contributed by atoms with Crippen molar-refractivity contribution in [3.63, 3.8) is 0 Å². The minimum absolute atomic E-state index is 0. The van der Waals surface area contributed by atoms with Crippen LogP contribution in [0.4, 0.5) is 0 Å². The second-order valence-corrected chi connectivity index (χ2v) is 5.94. The van der Waals surface area contributed by atoms with E-state index in [1.54, 1.807) is 0 Å². The molecule has 5 heteroatoms. The smallest absolute Gasteiger partial charge is 0.226 e. The summed E-state index contributed by atoms with van der Waals surface area (Å²) in [5.41, 5.74) is 3.57.